The van der Waals surface area contributed by atoms with E-state index >= 15 is 0 Å². The second-order valence-electron chi connectivity index (χ2n) is 8.21. The molecule has 1 amide bonds. The van der Waals surface area contributed by atoms with Crippen molar-refractivity contribution in [2.24, 2.45) is 5.92 Å². The summed E-state index contributed by atoms with van der Waals surface area (Å²) in [6, 6.07) is 10.6. The molecule has 0 bridgehead atoms. The van der Waals surface area contributed by atoms with Crippen LogP contribution in [0.1, 0.15) is 48.8 Å². The third-order valence-corrected chi connectivity index (χ3v) is 5.40. The van der Waals surface area contributed by atoms with Crippen molar-refractivity contribution in [2.75, 3.05) is 19.6 Å². The average Bonchev–Trinajstić information content (AvgIpc) is 3.23. The van der Waals surface area contributed by atoms with Crippen LogP contribution in [-0.2, 0) is 6.54 Å². The Bertz CT molecular complexity index is 977. The fraction of sp³-hybridized carbons (Fsp3) is 0.455. The summed E-state index contributed by atoms with van der Waals surface area (Å²) in [7, 11) is 0. The number of hydrogen-bond acceptors (Lipinski definition) is 5. The SMILES string of the molecule is CC(C)CNC(=O)c1cn(C2CCCN(Cc3ccnc4ccccc34)C2)nn1. The van der Waals surface area contributed by atoms with Crippen molar-refractivity contribution >= 4 is 16.8 Å². The zero-order chi connectivity index (χ0) is 20.2. The number of nitrogens with one attached hydrogen (secondary N) is 1. The molecule has 7 nitrogen and oxygen atoms in total. The summed E-state index contributed by atoms with van der Waals surface area (Å²) in [5, 5.41) is 12.5. The van der Waals surface area contributed by atoms with Crippen molar-refractivity contribution in [2.45, 2.75) is 39.3 Å². The molecule has 7 heteroatoms. The van der Waals surface area contributed by atoms with Gasteiger partial charge in [-0.25, -0.2) is 4.68 Å². The van der Waals surface area contributed by atoms with Crippen LogP contribution in [0.2, 0.25) is 0 Å². The maximum Gasteiger partial charge on any atom is 0.273 e. The van der Waals surface area contributed by atoms with Gasteiger partial charge in [-0.15, -0.1) is 5.10 Å². The van der Waals surface area contributed by atoms with E-state index in [9.17, 15) is 4.79 Å². The van der Waals surface area contributed by atoms with Gasteiger partial charge in [0.05, 0.1) is 17.8 Å². The monoisotopic (exact) mass is 392 g/mol. The van der Waals surface area contributed by atoms with Crippen molar-refractivity contribution in [3.05, 3.63) is 54.0 Å². The minimum Gasteiger partial charge on any atom is -0.350 e. The van der Waals surface area contributed by atoms with Crippen LogP contribution >= 0.6 is 0 Å². The number of para-hydroxylation sites is 1. The molecule has 4 rings (SSSR count). The van der Waals surface area contributed by atoms with Crippen LogP contribution in [0.25, 0.3) is 10.9 Å². The average molecular weight is 393 g/mol. The Balaban J connectivity index is 1.43. The number of piperidine rings is 1. The van der Waals surface area contributed by atoms with E-state index in [0.717, 1.165) is 38.0 Å². The van der Waals surface area contributed by atoms with E-state index < -0.39 is 0 Å². The quantitative estimate of drug-likeness (QED) is 0.698. The van der Waals surface area contributed by atoms with Gasteiger partial charge in [-0.3, -0.25) is 14.7 Å². The smallest absolute Gasteiger partial charge is 0.273 e. The summed E-state index contributed by atoms with van der Waals surface area (Å²) in [5.74, 6) is 0.256. The Hall–Kier alpha value is -2.80. The molecule has 1 atom stereocenters. The van der Waals surface area contributed by atoms with Crippen LogP contribution in [0.5, 0.6) is 0 Å². The number of rotatable bonds is 6. The Labute approximate surface area is 171 Å². The Morgan fingerprint density at radius 3 is 3.00 bits per heavy atom. The Morgan fingerprint density at radius 1 is 1.28 bits per heavy atom. The van der Waals surface area contributed by atoms with Crippen LogP contribution in [-0.4, -0.2) is 50.4 Å². The first-order chi connectivity index (χ1) is 14.1. The van der Waals surface area contributed by atoms with E-state index in [1.807, 2.05) is 16.9 Å². The lowest BCUT2D eigenvalue weighted by Gasteiger charge is -2.32. The molecule has 1 aromatic carbocycles. The lowest BCUT2D eigenvalue weighted by molar-refractivity contribution is 0.0944. The van der Waals surface area contributed by atoms with Crippen LogP contribution < -0.4 is 5.32 Å². The van der Waals surface area contributed by atoms with E-state index in [4.69, 9.17) is 0 Å². The zero-order valence-electron chi connectivity index (χ0n) is 17.1. The topological polar surface area (TPSA) is 75.9 Å². The lowest BCUT2D eigenvalue weighted by Crippen LogP contribution is -2.36. The fourth-order valence-electron chi connectivity index (χ4n) is 3.87. The minimum absolute atomic E-state index is 0.152. The molecule has 0 aliphatic carbocycles. The number of hydrogen-bond donors (Lipinski definition) is 1. The maximum atomic E-state index is 12.2. The molecule has 1 unspecified atom stereocenters. The molecule has 152 valence electrons. The van der Waals surface area contributed by atoms with Crippen LogP contribution in [0.3, 0.4) is 0 Å². The second kappa shape index (κ2) is 8.69. The van der Waals surface area contributed by atoms with Crippen molar-refractivity contribution in [3.63, 3.8) is 0 Å². The summed E-state index contributed by atoms with van der Waals surface area (Å²) in [4.78, 5) is 19.2. The second-order valence-corrected chi connectivity index (χ2v) is 8.21. The first-order valence-electron chi connectivity index (χ1n) is 10.3. The maximum absolute atomic E-state index is 12.2. The molecular formula is C22H28N6O. The predicted molar refractivity (Wildman–Crippen MR) is 112 cm³/mol. The highest BCUT2D eigenvalue weighted by Crippen LogP contribution is 2.24. The van der Waals surface area contributed by atoms with Gasteiger partial charge in [0.25, 0.3) is 5.91 Å². The Kier molecular flexibility index (Phi) is 5.85. The van der Waals surface area contributed by atoms with Gasteiger partial charge in [0.2, 0.25) is 0 Å². The summed E-state index contributed by atoms with van der Waals surface area (Å²) in [5.41, 5.74) is 2.72. The predicted octanol–water partition coefficient (Wildman–Crippen LogP) is 3.05. The van der Waals surface area contributed by atoms with Crippen molar-refractivity contribution in [3.8, 4) is 0 Å². The van der Waals surface area contributed by atoms with E-state index in [1.165, 1.54) is 10.9 Å². The third kappa shape index (κ3) is 4.62. The highest BCUT2D eigenvalue weighted by Gasteiger charge is 2.24. The molecule has 1 saturated heterocycles. The number of nitrogens with zero attached hydrogens (tertiary/aromatic N) is 5. The van der Waals surface area contributed by atoms with Gasteiger partial charge >= 0.3 is 0 Å². The molecule has 1 fully saturated rings. The summed E-state index contributed by atoms with van der Waals surface area (Å²) in [6.45, 7) is 7.62. The van der Waals surface area contributed by atoms with Crippen molar-refractivity contribution in [1.82, 2.24) is 30.2 Å². The number of benzene rings is 1. The number of amides is 1. The molecule has 29 heavy (non-hydrogen) atoms. The molecular weight excluding hydrogens is 364 g/mol. The molecule has 0 saturated carbocycles. The van der Waals surface area contributed by atoms with Gasteiger partial charge in [0.15, 0.2) is 5.69 Å². The Morgan fingerprint density at radius 2 is 2.14 bits per heavy atom. The minimum atomic E-state index is -0.152. The standard InChI is InChI=1S/C22H28N6O/c1-16(2)12-24-22(29)21-15-28(26-25-21)18-6-5-11-27(14-18)13-17-9-10-23-20-8-4-3-7-19(17)20/h3-4,7-10,15-16,18H,5-6,11-14H2,1-2H3,(H,24,29). The first kappa shape index (κ1) is 19.5. The van der Waals surface area contributed by atoms with Gasteiger partial charge < -0.3 is 5.32 Å². The van der Waals surface area contributed by atoms with Gasteiger partial charge in [-0.2, -0.15) is 0 Å². The van der Waals surface area contributed by atoms with E-state index in [1.54, 1.807) is 6.20 Å². The van der Waals surface area contributed by atoms with Crippen LogP contribution in [0.15, 0.2) is 42.7 Å². The largest absolute Gasteiger partial charge is 0.350 e. The number of likely N-dealkylation sites (tertiary alicyclic amines) is 1. The van der Waals surface area contributed by atoms with Gasteiger partial charge in [0, 0.05) is 31.2 Å². The molecule has 0 radical (unpaired) electrons. The molecule has 3 heterocycles. The number of aromatic nitrogens is 4. The van der Waals surface area contributed by atoms with Crippen molar-refractivity contribution < 1.29 is 4.79 Å². The number of carbonyl (C=O) groups excluding carboxylic acids is 1. The molecule has 1 aliphatic rings. The summed E-state index contributed by atoms with van der Waals surface area (Å²) >= 11 is 0. The molecule has 1 N–H and O–H groups in total. The van der Waals surface area contributed by atoms with E-state index in [-0.39, 0.29) is 11.9 Å². The fourth-order valence-corrected chi connectivity index (χ4v) is 3.87. The number of fused-ring (bicyclic) bond motifs is 1. The summed E-state index contributed by atoms with van der Waals surface area (Å²) in [6.07, 6.45) is 5.82. The van der Waals surface area contributed by atoms with Gasteiger partial charge in [-0.05, 0) is 43.0 Å². The van der Waals surface area contributed by atoms with Gasteiger partial charge in [-0.1, -0.05) is 37.3 Å². The third-order valence-electron chi connectivity index (χ3n) is 5.40. The zero-order valence-corrected chi connectivity index (χ0v) is 17.1. The lowest BCUT2D eigenvalue weighted by atomic mass is 10.0. The van der Waals surface area contributed by atoms with E-state index in [2.05, 4.69) is 63.6 Å². The highest BCUT2D eigenvalue weighted by molar-refractivity contribution is 5.91. The highest BCUT2D eigenvalue weighted by atomic mass is 16.2. The van der Waals surface area contributed by atoms with Crippen molar-refractivity contribution in [1.29, 1.82) is 0 Å². The molecule has 3 aromatic rings. The van der Waals surface area contributed by atoms with Crippen LogP contribution in [0, 0.1) is 5.92 Å². The molecule has 1 aliphatic heterocycles. The number of carbonyl (C=O) groups is 1. The number of pyridine rings is 1. The first-order valence-corrected chi connectivity index (χ1v) is 10.3. The summed E-state index contributed by atoms with van der Waals surface area (Å²) < 4.78 is 1.86. The van der Waals surface area contributed by atoms with E-state index in [0.29, 0.717) is 18.2 Å². The van der Waals surface area contributed by atoms with Crippen LogP contribution in [0.4, 0.5) is 0 Å². The molecule has 2 aromatic heterocycles. The van der Waals surface area contributed by atoms with Gasteiger partial charge in [0.1, 0.15) is 0 Å². The molecule has 0 spiro atoms. The normalized spacial score (nSPS) is 17.7.